The third-order valence-corrected chi connectivity index (χ3v) is 4.60. The molecule has 3 rings (SSSR count). The fourth-order valence-electron chi connectivity index (χ4n) is 3.08. The summed E-state index contributed by atoms with van der Waals surface area (Å²) in [7, 11) is 0. The Morgan fingerprint density at radius 1 is 1.32 bits per heavy atom. The number of aromatic hydroxyl groups is 1. The number of aromatic nitrogens is 2. The lowest BCUT2D eigenvalue weighted by Gasteiger charge is -2.12. The van der Waals surface area contributed by atoms with Crippen molar-refractivity contribution in [2.75, 3.05) is 6.54 Å². The van der Waals surface area contributed by atoms with Gasteiger partial charge in [-0.2, -0.15) is 5.26 Å². The molecule has 0 saturated heterocycles. The lowest BCUT2D eigenvalue weighted by atomic mass is 10.1. The summed E-state index contributed by atoms with van der Waals surface area (Å²) in [6.07, 6.45) is 1.58. The Labute approximate surface area is 182 Å². The van der Waals surface area contributed by atoms with Crippen LogP contribution in [0.1, 0.15) is 35.6 Å². The first kappa shape index (κ1) is 21.9. The van der Waals surface area contributed by atoms with Crippen molar-refractivity contribution in [3.05, 3.63) is 52.4 Å². The van der Waals surface area contributed by atoms with Gasteiger partial charge in [-0.25, -0.2) is 4.98 Å². The number of amides is 1. The van der Waals surface area contributed by atoms with E-state index in [9.17, 15) is 20.0 Å². The van der Waals surface area contributed by atoms with Gasteiger partial charge in [-0.05, 0) is 31.5 Å². The van der Waals surface area contributed by atoms with Crippen molar-refractivity contribution >= 4 is 34.4 Å². The van der Waals surface area contributed by atoms with Gasteiger partial charge in [0.1, 0.15) is 18.4 Å². The van der Waals surface area contributed by atoms with Gasteiger partial charge in [0.2, 0.25) is 0 Å². The van der Waals surface area contributed by atoms with E-state index >= 15 is 0 Å². The molecule has 0 spiro atoms. The molecule has 0 radical (unpaired) electrons. The minimum Gasteiger partial charge on any atom is -0.505 e. The van der Waals surface area contributed by atoms with Crippen molar-refractivity contribution in [1.29, 1.82) is 5.26 Å². The van der Waals surface area contributed by atoms with Gasteiger partial charge in [-0.15, -0.1) is 0 Å². The Morgan fingerprint density at radius 2 is 2.00 bits per heavy atom. The fourth-order valence-corrected chi connectivity index (χ4v) is 3.38. The lowest BCUT2D eigenvalue weighted by Crippen LogP contribution is -2.30. The number of carbonyl (C=O) groups excluding carboxylic acids is 1. The molecule has 0 bridgehead atoms. The molecule has 9 nitrogen and oxygen atoms in total. The van der Waals surface area contributed by atoms with Crippen molar-refractivity contribution in [3.8, 4) is 17.6 Å². The van der Waals surface area contributed by atoms with Crippen molar-refractivity contribution in [1.82, 2.24) is 14.9 Å². The number of rotatable bonds is 7. The van der Waals surface area contributed by atoms with Gasteiger partial charge in [0.25, 0.3) is 5.91 Å². The molecule has 1 aromatic carbocycles. The second kappa shape index (κ2) is 8.93. The largest absolute Gasteiger partial charge is 0.505 e. The van der Waals surface area contributed by atoms with Crippen molar-refractivity contribution in [2.45, 2.75) is 26.5 Å². The van der Waals surface area contributed by atoms with Gasteiger partial charge >= 0.3 is 5.97 Å². The standard InChI is InChI=1S/C21H19ClN4O5/c1-11(2)31-13-5-3-12(4-6-13)9-26-10-14(22)17-19(26)15(7-23)25-18(20(17)29)21(30)24-8-16(27)28/h3-6,10-11,29H,8-9H2,1-2H3,(H,24,30)(H,27,28). The van der Waals surface area contributed by atoms with Crippen LogP contribution in [0.5, 0.6) is 11.5 Å². The van der Waals surface area contributed by atoms with Crippen LogP contribution in [-0.2, 0) is 11.3 Å². The molecule has 0 saturated carbocycles. The van der Waals surface area contributed by atoms with Crippen LogP contribution >= 0.6 is 11.6 Å². The van der Waals surface area contributed by atoms with Gasteiger partial charge in [0.15, 0.2) is 17.1 Å². The second-order valence-electron chi connectivity index (χ2n) is 6.98. The van der Waals surface area contributed by atoms with E-state index in [1.165, 1.54) is 6.20 Å². The Morgan fingerprint density at radius 3 is 2.58 bits per heavy atom. The third kappa shape index (κ3) is 4.70. The third-order valence-electron chi connectivity index (χ3n) is 4.31. The summed E-state index contributed by atoms with van der Waals surface area (Å²) >= 11 is 6.30. The number of pyridine rings is 1. The zero-order chi connectivity index (χ0) is 22.7. The number of carboxylic acids is 1. The summed E-state index contributed by atoms with van der Waals surface area (Å²) in [5, 5.41) is 31.2. The van der Waals surface area contributed by atoms with Gasteiger partial charge in [-0.1, -0.05) is 23.7 Å². The minimum absolute atomic E-state index is 0.0483. The maximum Gasteiger partial charge on any atom is 0.322 e. The maximum atomic E-state index is 12.2. The first-order chi connectivity index (χ1) is 14.7. The molecule has 2 aromatic heterocycles. The van der Waals surface area contributed by atoms with E-state index in [1.807, 2.05) is 44.2 Å². The van der Waals surface area contributed by atoms with E-state index < -0.39 is 29.9 Å². The van der Waals surface area contributed by atoms with Crippen LogP contribution in [0.4, 0.5) is 0 Å². The zero-order valence-electron chi connectivity index (χ0n) is 16.7. The van der Waals surface area contributed by atoms with Crippen LogP contribution in [0, 0.1) is 11.3 Å². The van der Waals surface area contributed by atoms with Crippen LogP contribution in [0.25, 0.3) is 10.9 Å². The zero-order valence-corrected chi connectivity index (χ0v) is 17.5. The molecule has 0 unspecified atom stereocenters. The number of carboxylic acid groups (broad SMARTS) is 1. The highest BCUT2D eigenvalue weighted by Gasteiger charge is 2.24. The number of aliphatic carboxylic acids is 1. The predicted molar refractivity (Wildman–Crippen MR) is 112 cm³/mol. The summed E-state index contributed by atoms with van der Waals surface area (Å²) < 4.78 is 7.28. The molecule has 0 fully saturated rings. The number of carbonyl (C=O) groups is 2. The number of halogens is 1. The molecule has 160 valence electrons. The fraction of sp³-hybridized carbons (Fsp3) is 0.238. The van der Waals surface area contributed by atoms with Crippen LogP contribution in [-0.4, -0.2) is 44.3 Å². The number of hydrogen-bond acceptors (Lipinski definition) is 6. The molecule has 31 heavy (non-hydrogen) atoms. The number of hydrogen-bond donors (Lipinski definition) is 3. The molecule has 3 N–H and O–H groups in total. The van der Waals surface area contributed by atoms with Gasteiger partial charge in [-0.3, -0.25) is 9.59 Å². The Bertz CT molecular complexity index is 1200. The molecule has 0 atom stereocenters. The summed E-state index contributed by atoms with van der Waals surface area (Å²) in [4.78, 5) is 26.9. The molecule has 1 amide bonds. The van der Waals surface area contributed by atoms with E-state index in [1.54, 1.807) is 4.57 Å². The van der Waals surface area contributed by atoms with Crippen LogP contribution in [0.3, 0.4) is 0 Å². The normalized spacial score (nSPS) is 10.8. The SMILES string of the molecule is CC(C)Oc1ccc(Cn2cc(Cl)c3c(O)c(C(=O)NCC(=O)O)nc(C#N)c32)cc1. The summed E-state index contributed by atoms with van der Waals surface area (Å²) in [6, 6.07) is 9.30. The average molecular weight is 443 g/mol. The molecular weight excluding hydrogens is 424 g/mol. The molecule has 10 heteroatoms. The molecule has 0 aliphatic carbocycles. The molecule has 2 heterocycles. The monoisotopic (exact) mass is 442 g/mol. The average Bonchev–Trinajstić information content (AvgIpc) is 3.04. The Hall–Kier alpha value is -3.77. The Balaban J connectivity index is 2.01. The highest BCUT2D eigenvalue weighted by Crippen LogP contribution is 2.37. The maximum absolute atomic E-state index is 12.2. The topological polar surface area (TPSA) is 137 Å². The summed E-state index contributed by atoms with van der Waals surface area (Å²) in [5.74, 6) is -1.99. The van der Waals surface area contributed by atoms with Crippen molar-refractivity contribution in [3.63, 3.8) is 0 Å². The van der Waals surface area contributed by atoms with E-state index in [2.05, 4.69) is 10.3 Å². The lowest BCUT2D eigenvalue weighted by molar-refractivity contribution is -0.135. The van der Waals surface area contributed by atoms with Gasteiger partial charge in [0.05, 0.1) is 22.0 Å². The van der Waals surface area contributed by atoms with Gasteiger partial charge < -0.3 is 24.8 Å². The molecule has 0 aliphatic rings. The quantitative estimate of drug-likeness (QED) is 0.511. The highest BCUT2D eigenvalue weighted by molar-refractivity contribution is 6.36. The van der Waals surface area contributed by atoms with Crippen LogP contribution in [0.2, 0.25) is 5.02 Å². The number of nitriles is 1. The summed E-state index contributed by atoms with van der Waals surface area (Å²) in [6.45, 7) is 3.53. The molecule has 3 aromatic rings. The van der Waals surface area contributed by atoms with Crippen LogP contribution < -0.4 is 10.1 Å². The van der Waals surface area contributed by atoms with E-state index in [0.29, 0.717) is 6.54 Å². The number of benzene rings is 1. The van der Waals surface area contributed by atoms with E-state index in [0.717, 1.165) is 11.3 Å². The minimum atomic E-state index is -1.26. The smallest absolute Gasteiger partial charge is 0.322 e. The van der Waals surface area contributed by atoms with Gasteiger partial charge in [0, 0.05) is 12.7 Å². The van der Waals surface area contributed by atoms with Crippen LogP contribution in [0.15, 0.2) is 30.5 Å². The number of nitrogens with zero attached hydrogens (tertiary/aromatic N) is 3. The summed E-state index contributed by atoms with van der Waals surface area (Å²) in [5.41, 5.74) is 0.554. The number of ether oxygens (including phenoxy) is 1. The van der Waals surface area contributed by atoms with E-state index in [-0.39, 0.29) is 27.7 Å². The molecular formula is C21H19ClN4O5. The second-order valence-corrected chi connectivity index (χ2v) is 7.39. The Kier molecular flexibility index (Phi) is 6.32. The van der Waals surface area contributed by atoms with Crippen molar-refractivity contribution < 1.29 is 24.5 Å². The first-order valence-electron chi connectivity index (χ1n) is 9.28. The first-order valence-corrected chi connectivity index (χ1v) is 9.66. The van der Waals surface area contributed by atoms with E-state index in [4.69, 9.17) is 21.4 Å². The number of nitrogens with one attached hydrogen (secondary N) is 1. The predicted octanol–water partition coefficient (Wildman–Crippen LogP) is 2.92. The number of fused-ring (bicyclic) bond motifs is 1. The van der Waals surface area contributed by atoms with Crippen molar-refractivity contribution in [2.24, 2.45) is 0 Å². The molecule has 0 aliphatic heterocycles. The highest BCUT2D eigenvalue weighted by atomic mass is 35.5.